The number of carbonyl (C=O) groups excluding carboxylic acids is 1. The van der Waals surface area contributed by atoms with Gasteiger partial charge in [-0.3, -0.25) is 0 Å². The van der Waals surface area contributed by atoms with Crippen molar-refractivity contribution in [3.05, 3.63) is 107 Å². The van der Waals surface area contributed by atoms with Gasteiger partial charge < -0.3 is 14.6 Å². The van der Waals surface area contributed by atoms with E-state index in [0.29, 0.717) is 16.7 Å². The van der Waals surface area contributed by atoms with Gasteiger partial charge in [-0.05, 0) is 53.9 Å². The predicted octanol–water partition coefficient (Wildman–Crippen LogP) is 6.55. The number of carbonyl (C=O) groups is 1. The van der Waals surface area contributed by atoms with Crippen LogP contribution in [-0.2, 0) is 6.61 Å². The highest BCUT2D eigenvalue weighted by molar-refractivity contribution is 5.91. The van der Waals surface area contributed by atoms with E-state index in [-0.39, 0.29) is 41.4 Å². The lowest BCUT2D eigenvalue weighted by molar-refractivity contribution is 0.0734. The van der Waals surface area contributed by atoms with Gasteiger partial charge in [0.2, 0.25) is 0 Å². The van der Waals surface area contributed by atoms with E-state index in [1.807, 2.05) is 0 Å². The van der Waals surface area contributed by atoms with Crippen molar-refractivity contribution in [2.45, 2.75) is 13.5 Å². The van der Waals surface area contributed by atoms with Crippen molar-refractivity contribution in [3.8, 4) is 33.8 Å². The third kappa shape index (κ3) is 5.20. The minimum Gasteiger partial charge on any atom is -0.491 e. The van der Waals surface area contributed by atoms with Crippen LogP contribution in [0.15, 0.2) is 78.9 Å². The summed E-state index contributed by atoms with van der Waals surface area (Å²) in [5, 5.41) is 9.14. The molecule has 0 aliphatic rings. The topological polar surface area (TPSA) is 55.8 Å². The van der Waals surface area contributed by atoms with Gasteiger partial charge in [0.1, 0.15) is 5.75 Å². The standard InChI is InChI=1S/C28H21F3O4/c1-2-34-25-14-9-20(15-24(25)29)28(33)35-21-10-7-19(8-11-21)23-13-12-22(26(30)27(23)31)18-5-3-17(16-32)4-6-18/h3-15,32H,2,16H2,1H3. The highest BCUT2D eigenvalue weighted by atomic mass is 19.2. The quantitative estimate of drug-likeness (QED) is 0.242. The van der Waals surface area contributed by atoms with Crippen molar-refractivity contribution in [1.82, 2.24) is 0 Å². The van der Waals surface area contributed by atoms with Gasteiger partial charge in [-0.15, -0.1) is 0 Å². The summed E-state index contributed by atoms with van der Waals surface area (Å²) in [6.07, 6.45) is 0. The maximum Gasteiger partial charge on any atom is 0.343 e. The van der Waals surface area contributed by atoms with Gasteiger partial charge >= 0.3 is 5.97 Å². The Kier molecular flexibility index (Phi) is 7.17. The van der Waals surface area contributed by atoms with E-state index in [9.17, 15) is 18.0 Å². The van der Waals surface area contributed by atoms with Crippen LogP contribution in [0.3, 0.4) is 0 Å². The minimum absolute atomic E-state index is 0.00533. The van der Waals surface area contributed by atoms with Gasteiger partial charge in [-0.2, -0.15) is 0 Å². The summed E-state index contributed by atoms with van der Waals surface area (Å²) in [4.78, 5) is 12.3. The second-order valence-corrected chi connectivity index (χ2v) is 7.64. The van der Waals surface area contributed by atoms with E-state index < -0.39 is 23.4 Å². The summed E-state index contributed by atoms with van der Waals surface area (Å²) in [7, 11) is 0. The van der Waals surface area contributed by atoms with Crippen LogP contribution < -0.4 is 9.47 Å². The van der Waals surface area contributed by atoms with Gasteiger partial charge in [-0.25, -0.2) is 18.0 Å². The number of halogens is 3. The molecule has 0 unspecified atom stereocenters. The smallest absolute Gasteiger partial charge is 0.343 e. The number of esters is 1. The Morgan fingerprint density at radius 3 is 1.89 bits per heavy atom. The van der Waals surface area contributed by atoms with Crippen LogP contribution in [0.2, 0.25) is 0 Å². The molecule has 0 saturated carbocycles. The summed E-state index contributed by atoms with van der Waals surface area (Å²) in [5.41, 5.74) is 1.69. The zero-order chi connectivity index (χ0) is 24.9. The molecule has 35 heavy (non-hydrogen) atoms. The van der Waals surface area contributed by atoms with Crippen LogP contribution in [0, 0.1) is 17.5 Å². The molecule has 0 bridgehead atoms. The number of aliphatic hydroxyl groups excluding tert-OH is 1. The molecule has 4 aromatic carbocycles. The van der Waals surface area contributed by atoms with Crippen molar-refractivity contribution in [2.24, 2.45) is 0 Å². The monoisotopic (exact) mass is 478 g/mol. The zero-order valence-electron chi connectivity index (χ0n) is 18.7. The van der Waals surface area contributed by atoms with E-state index in [4.69, 9.17) is 14.6 Å². The number of hydrogen-bond acceptors (Lipinski definition) is 4. The Morgan fingerprint density at radius 1 is 0.800 bits per heavy atom. The van der Waals surface area contributed by atoms with Crippen LogP contribution in [0.5, 0.6) is 11.5 Å². The third-order valence-corrected chi connectivity index (χ3v) is 5.37. The van der Waals surface area contributed by atoms with Crippen molar-refractivity contribution >= 4 is 5.97 Å². The molecule has 0 spiro atoms. The molecule has 4 aromatic rings. The van der Waals surface area contributed by atoms with E-state index in [1.165, 1.54) is 48.5 Å². The fraction of sp³-hybridized carbons (Fsp3) is 0.107. The Balaban J connectivity index is 1.52. The van der Waals surface area contributed by atoms with Gasteiger partial charge in [0, 0.05) is 11.1 Å². The van der Waals surface area contributed by atoms with Crippen LogP contribution in [-0.4, -0.2) is 17.7 Å². The Labute approximate surface area is 200 Å². The number of hydrogen-bond donors (Lipinski definition) is 1. The Hall–Kier alpha value is -4.10. The lowest BCUT2D eigenvalue weighted by Crippen LogP contribution is -2.09. The van der Waals surface area contributed by atoms with Crippen molar-refractivity contribution in [1.29, 1.82) is 0 Å². The molecule has 0 heterocycles. The van der Waals surface area contributed by atoms with Crippen molar-refractivity contribution < 1.29 is 32.5 Å². The Morgan fingerprint density at radius 2 is 1.37 bits per heavy atom. The second kappa shape index (κ2) is 10.4. The number of benzene rings is 4. The molecule has 4 nitrogen and oxygen atoms in total. The molecular weight excluding hydrogens is 457 g/mol. The molecule has 0 atom stereocenters. The van der Waals surface area contributed by atoms with Crippen molar-refractivity contribution in [3.63, 3.8) is 0 Å². The van der Waals surface area contributed by atoms with Gasteiger partial charge in [0.25, 0.3) is 0 Å². The first kappa shape index (κ1) is 24.0. The largest absolute Gasteiger partial charge is 0.491 e. The number of rotatable bonds is 7. The zero-order valence-corrected chi connectivity index (χ0v) is 18.7. The molecule has 0 saturated heterocycles. The average molecular weight is 478 g/mol. The number of aliphatic hydroxyl groups is 1. The van der Waals surface area contributed by atoms with E-state index in [2.05, 4.69) is 0 Å². The second-order valence-electron chi connectivity index (χ2n) is 7.64. The highest BCUT2D eigenvalue weighted by Gasteiger charge is 2.17. The van der Waals surface area contributed by atoms with E-state index >= 15 is 0 Å². The summed E-state index contributed by atoms with van der Waals surface area (Å²) in [5.74, 6) is -3.25. The van der Waals surface area contributed by atoms with Gasteiger partial charge in [-0.1, -0.05) is 48.5 Å². The lowest BCUT2D eigenvalue weighted by Gasteiger charge is -2.11. The fourth-order valence-corrected chi connectivity index (χ4v) is 3.55. The Bertz CT molecular complexity index is 1350. The van der Waals surface area contributed by atoms with Crippen LogP contribution in [0.25, 0.3) is 22.3 Å². The molecule has 7 heteroatoms. The summed E-state index contributed by atoms with van der Waals surface area (Å²) >= 11 is 0. The molecule has 0 aliphatic heterocycles. The minimum atomic E-state index is -1.01. The maximum absolute atomic E-state index is 14.9. The molecule has 0 amide bonds. The SMILES string of the molecule is CCOc1ccc(C(=O)Oc2ccc(-c3ccc(-c4ccc(CO)cc4)c(F)c3F)cc2)cc1F. The molecular formula is C28H21F3O4. The first-order valence-corrected chi connectivity index (χ1v) is 10.8. The highest BCUT2D eigenvalue weighted by Crippen LogP contribution is 2.32. The van der Waals surface area contributed by atoms with E-state index in [1.54, 1.807) is 31.2 Å². The molecule has 0 fully saturated rings. The molecule has 0 aliphatic carbocycles. The lowest BCUT2D eigenvalue weighted by atomic mass is 9.98. The van der Waals surface area contributed by atoms with Gasteiger partial charge in [0.05, 0.1) is 18.8 Å². The summed E-state index contributed by atoms with van der Waals surface area (Å²) in [6, 6.07) is 19.1. The molecule has 178 valence electrons. The summed E-state index contributed by atoms with van der Waals surface area (Å²) < 4.78 is 54.1. The molecule has 4 rings (SSSR count). The van der Waals surface area contributed by atoms with Crippen molar-refractivity contribution in [2.75, 3.05) is 6.61 Å². The predicted molar refractivity (Wildman–Crippen MR) is 126 cm³/mol. The van der Waals surface area contributed by atoms with Crippen LogP contribution in [0.4, 0.5) is 13.2 Å². The van der Waals surface area contributed by atoms with Crippen LogP contribution >= 0.6 is 0 Å². The average Bonchev–Trinajstić information content (AvgIpc) is 2.87. The molecule has 0 aromatic heterocycles. The fourth-order valence-electron chi connectivity index (χ4n) is 3.55. The molecule has 1 N–H and O–H groups in total. The normalized spacial score (nSPS) is 10.8. The van der Waals surface area contributed by atoms with Gasteiger partial charge in [0.15, 0.2) is 23.2 Å². The summed E-state index contributed by atoms with van der Waals surface area (Å²) in [6.45, 7) is 1.87. The van der Waals surface area contributed by atoms with E-state index in [0.717, 1.165) is 6.07 Å². The number of ether oxygens (including phenoxy) is 2. The first-order valence-electron chi connectivity index (χ1n) is 10.8. The third-order valence-electron chi connectivity index (χ3n) is 5.37. The first-order chi connectivity index (χ1) is 16.9. The molecule has 0 radical (unpaired) electrons. The maximum atomic E-state index is 14.9. The van der Waals surface area contributed by atoms with Crippen LogP contribution in [0.1, 0.15) is 22.8 Å².